The van der Waals surface area contributed by atoms with Crippen LogP contribution in [-0.4, -0.2) is 38.4 Å². The summed E-state index contributed by atoms with van der Waals surface area (Å²) in [6, 6.07) is 13.3. The molecule has 2 aliphatic heterocycles. The van der Waals surface area contributed by atoms with Crippen LogP contribution in [0.4, 0.5) is 10.1 Å². The van der Waals surface area contributed by atoms with Gasteiger partial charge in [-0.3, -0.25) is 19.7 Å². The first-order valence-electron chi connectivity index (χ1n) is 10.1. The first-order chi connectivity index (χ1) is 15.4. The highest BCUT2D eigenvalue weighted by Crippen LogP contribution is 2.50. The Morgan fingerprint density at radius 2 is 1.81 bits per heavy atom. The number of amides is 2. The van der Waals surface area contributed by atoms with Gasteiger partial charge >= 0.3 is 5.97 Å². The molecule has 0 bridgehead atoms. The third-order valence-electron chi connectivity index (χ3n) is 6.30. The molecule has 1 aromatic heterocycles. The van der Waals surface area contributed by atoms with Crippen LogP contribution in [0, 0.1) is 17.7 Å². The van der Waals surface area contributed by atoms with Crippen molar-refractivity contribution in [3.63, 3.8) is 0 Å². The van der Waals surface area contributed by atoms with Gasteiger partial charge in [0.1, 0.15) is 11.4 Å². The molecule has 2 saturated heterocycles. The zero-order valence-electron chi connectivity index (χ0n) is 16.7. The van der Waals surface area contributed by atoms with E-state index in [2.05, 4.69) is 15.3 Å². The number of nitrogens with one attached hydrogen (secondary N) is 2. The minimum absolute atomic E-state index is 0.0664. The minimum Gasteiger partial charge on any atom is -0.480 e. The largest absolute Gasteiger partial charge is 0.480 e. The Morgan fingerprint density at radius 3 is 2.44 bits per heavy atom. The molecule has 4 atom stereocenters. The van der Waals surface area contributed by atoms with Crippen molar-refractivity contribution >= 4 is 23.5 Å². The van der Waals surface area contributed by atoms with Crippen molar-refractivity contribution in [3.8, 4) is 0 Å². The Balaban J connectivity index is 1.65. The number of hydrogen-bond donors (Lipinski definition) is 3. The molecule has 3 heterocycles. The van der Waals surface area contributed by atoms with Crippen molar-refractivity contribution in [2.75, 3.05) is 4.90 Å². The highest BCUT2D eigenvalue weighted by atomic mass is 19.1. The van der Waals surface area contributed by atoms with Gasteiger partial charge in [-0.1, -0.05) is 30.3 Å². The van der Waals surface area contributed by atoms with E-state index >= 15 is 0 Å². The molecule has 3 N–H and O–H groups in total. The van der Waals surface area contributed by atoms with Gasteiger partial charge in [-0.25, -0.2) is 14.3 Å². The summed E-state index contributed by atoms with van der Waals surface area (Å²) in [5, 5.41) is 13.5. The summed E-state index contributed by atoms with van der Waals surface area (Å²) in [6.07, 6.45) is 2.86. The Bertz CT molecular complexity index is 1180. The number of imide groups is 1. The van der Waals surface area contributed by atoms with Crippen molar-refractivity contribution in [1.82, 2.24) is 15.3 Å². The van der Waals surface area contributed by atoms with E-state index in [0.717, 1.165) is 17.0 Å². The number of fused-ring (bicyclic) bond motifs is 1. The number of H-pyrrole nitrogens is 1. The number of carbonyl (C=O) groups excluding carboxylic acids is 2. The molecule has 0 saturated carbocycles. The number of nitrogens with zero attached hydrogens (tertiary/aromatic N) is 2. The van der Waals surface area contributed by atoms with Crippen molar-refractivity contribution in [3.05, 3.63) is 84.2 Å². The average molecular weight is 434 g/mol. The molecule has 32 heavy (non-hydrogen) atoms. The fourth-order valence-corrected chi connectivity index (χ4v) is 4.91. The first-order valence-corrected chi connectivity index (χ1v) is 10.1. The Hall–Kier alpha value is -3.85. The van der Waals surface area contributed by atoms with Gasteiger partial charge in [0.05, 0.1) is 23.9 Å². The third kappa shape index (κ3) is 2.93. The van der Waals surface area contributed by atoms with Crippen LogP contribution < -0.4 is 10.2 Å². The van der Waals surface area contributed by atoms with E-state index in [1.807, 2.05) is 6.07 Å². The molecule has 0 aliphatic carbocycles. The molecular weight excluding hydrogens is 415 g/mol. The van der Waals surface area contributed by atoms with Crippen LogP contribution in [0.15, 0.2) is 67.1 Å². The zero-order chi connectivity index (χ0) is 22.5. The van der Waals surface area contributed by atoms with Crippen LogP contribution in [-0.2, 0) is 20.8 Å². The smallest absolute Gasteiger partial charge is 0.325 e. The summed E-state index contributed by atoms with van der Waals surface area (Å²) in [5.41, 5.74) is -0.298. The van der Waals surface area contributed by atoms with E-state index in [9.17, 15) is 23.9 Å². The molecule has 0 radical (unpaired) electrons. The molecule has 2 amide bonds. The molecule has 3 aromatic rings. The number of carbonyl (C=O) groups is 3. The van der Waals surface area contributed by atoms with Crippen LogP contribution in [0.5, 0.6) is 0 Å². The van der Waals surface area contributed by atoms with Crippen molar-refractivity contribution in [2.45, 2.75) is 18.0 Å². The highest BCUT2D eigenvalue weighted by molar-refractivity contribution is 6.24. The number of benzene rings is 2. The molecule has 2 fully saturated rings. The van der Waals surface area contributed by atoms with Gasteiger partial charge in [0.15, 0.2) is 0 Å². The third-order valence-corrected chi connectivity index (χ3v) is 6.30. The number of aromatic nitrogens is 2. The average Bonchev–Trinajstić information content (AvgIpc) is 3.48. The maximum atomic E-state index is 13.6. The van der Waals surface area contributed by atoms with Gasteiger partial charge in [-0.05, 0) is 29.8 Å². The summed E-state index contributed by atoms with van der Waals surface area (Å²) in [4.78, 5) is 47.6. The van der Waals surface area contributed by atoms with Crippen molar-refractivity contribution in [1.29, 1.82) is 0 Å². The number of carboxylic acid groups (broad SMARTS) is 1. The maximum absolute atomic E-state index is 13.6. The molecule has 9 heteroatoms. The summed E-state index contributed by atoms with van der Waals surface area (Å²) in [6.45, 7) is 0. The van der Waals surface area contributed by atoms with Crippen LogP contribution in [0.2, 0.25) is 0 Å². The van der Waals surface area contributed by atoms with E-state index in [-0.39, 0.29) is 12.1 Å². The molecular formula is C23H19FN4O4. The number of hydrogen-bond acceptors (Lipinski definition) is 5. The number of rotatable bonds is 5. The maximum Gasteiger partial charge on any atom is 0.325 e. The molecule has 2 unspecified atom stereocenters. The standard InChI is InChI=1S/C23H19FN4O4/c24-14-6-8-16(9-7-14)28-20(29)17-18(21(28)30)23(22(31)32,10-15-11-25-12-26-15)27-19(17)13-4-2-1-3-5-13/h1-9,11-12,17-19,27H,10H2,(H,25,26)(H,31,32)/t17-,18-,19?,23?/m1/s1. The summed E-state index contributed by atoms with van der Waals surface area (Å²) in [5.74, 6) is -4.97. The van der Waals surface area contributed by atoms with Crippen molar-refractivity contribution < 1.29 is 23.9 Å². The second-order valence-electron chi connectivity index (χ2n) is 8.05. The zero-order valence-corrected chi connectivity index (χ0v) is 16.7. The van der Waals surface area contributed by atoms with Gasteiger partial charge in [-0.15, -0.1) is 0 Å². The number of aliphatic carboxylic acids is 1. The summed E-state index contributed by atoms with van der Waals surface area (Å²) >= 11 is 0. The van der Waals surface area contributed by atoms with E-state index in [0.29, 0.717) is 11.3 Å². The molecule has 2 aromatic carbocycles. The SMILES string of the molecule is O=C1[C@H]2C(c3ccccc3)NC(Cc3cnc[nH]3)(C(=O)O)[C@H]2C(=O)N1c1ccc(F)cc1. The van der Waals surface area contributed by atoms with Crippen LogP contribution in [0.25, 0.3) is 0 Å². The quantitative estimate of drug-likeness (QED) is 0.530. The molecule has 8 nitrogen and oxygen atoms in total. The monoisotopic (exact) mass is 434 g/mol. The number of imidazole rings is 1. The van der Waals surface area contributed by atoms with E-state index in [1.54, 1.807) is 24.3 Å². The van der Waals surface area contributed by atoms with Gasteiger partial charge in [-0.2, -0.15) is 0 Å². The number of aromatic amines is 1. The van der Waals surface area contributed by atoms with Gasteiger partial charge in [0.25, 0.3) is 0 Å². The molecule has 162 valence electrons. The Kier molecular flexibility index (Phi) is 4.63. The van der Waals surface area contributed by atoms with E-state index in [1.165, 1.54) is 24.7 Å². The van der Waals surface area contributed by atoms with Gasteiger partial charge < -0.3 is 10.1 Å². The topological polar surface area (TPSA) is 115 Å². The minimum atomic E-state index is -1.74. The predicted molar refractivity (Wildman–Crippen MR) is 111 cm³/mol. The van der Waals surface area contributed by atoms with Crippen molar-refractivity contribution in [2.24, 2.45) is 11.8 Å². The highest BCUT2D eigenvalue weighted by Gasteiger charge is 2.68. The summed E-state index contributed by atoms with van der Waals surface area (Å²) < 4.78 is 13.4. The Morgan fingerprint density at radius 1 is 1.09 bits per heavy atom. The second kappa shape index (κ2) is 7.38. The number of carboxylic acids is 1. The lowest BCUT2D eigenvalue weighted by Gasteiger charge is -2.30. The fourth-order valence-electron chi connectivity index (χ4n) is 4.91. The molecule has 5 rings (SSSR count). The second-order valence-corrected chi connectivity index (χ2v) is 8.05. The fraction of sp³-hybridized carbons (Fsp3) is 0.217. The van der Waals surface area contributed by atoms with Crippen LogP contribution in [0.1, 0.15) is 17.3 Å². The van der Waals surface area contributed by atoms with E-state index < -0.39 is 47.0 Å². The number of halogens is 1. The lowest BCUT2D eigenvalue weighted by Crippen LogP contribution is -2.57. The Labute approximate surface area is 182 Å². The normalized spacial score (nSPS) is 27.0. The van der Waals surface area contributed by atoms with Gasteiger partial charge in [0, 0.05) is 24.4 Å². The lowest BCUT2D eigenvalue weighted by atomic mass is 9.77. The molecule has 0 spiro atoms. The predicted octanol–water partition coefficient (Wildman–Crippen LogP) is 2.06. The summed E-state index contributed by atoms with van der Waals surface area (Å²) in [7, 11) is 0. The molecule has 2 aliphatic rings. The van der Waals surface area contributed by atoms with E-state index in [4.69, 9.17) is 0 Å². The number of anilines is 1. The van der Waals surface area contributed by atoms with Gasteiger partial charge in [0.2, 0.25) is 11.8 Å². The van der Waals surface area contributed by atoms with Crippen LogP contribution >= 0.6 is 0 Å². The lowest BCUT2D eigenvalue weighted by molar-refractivity contribution is -0.148. The first kappa shape index (κ1) is 20.1. The van der Waals surface area contributed by atoms with Crippen LogP contribution in [0.3, 0.4) is 0 Å².